The summed E-state index contributed by atoms with van der Waals surface area (Å²) in [6, 6.07) is 15.2. The van der Waals surface area contributed by atoms with Crippen molar-refractivity contribution in [2.75, 3.05) is 14.2 Å². The highest BCUT2D eigenvalue weighted by atomic mass is 32.2. The molecule has 0 aliphatic heterocycles. The lowest BCUT2D eigenvalue weighted by Crippen LogP contribution is -2.29. The summed E-state index contributed by atoms with van der Waals surface area (Å²) in [4.78, 5) is 25.2. The number of nitrogens with one attached hydrogen (secondary N) is 2. The van der Waals surface area contributed by atoms with E-state index in [2.05, 4.69) is 15.3 Å². The molecule has 0 radical (unpaired) electrons. The molecule has 2 N–H and O–H groups in total. The van der Waals surface area contributed by atoms with Crippen molar-refractivity contribution < 1.29 is 18.0 Å². The Kier molecular flexibility index (Phi) is 6.66. The highest BCUT2D eigenvalue weighted by Gasteiger charge is 2.23. The van der Waals surface area contributed by atoms with E-state index < -0.39 is 15.9 Å². The van der Waals surface area contributed by atoms with Crippen LogP contribution in [0.25, 0.3) is 11.3 Å². The summed E-state index contributed by atoms with van der Waals surface area (Å²) in [5.74, 6) is 0.240. The van der Waals surface area contributed by atoms with Gasteiger partial charge in [0, 0.05) is 12.6 Å². The lowest BCUT2D eigenvalue weighted by Gasteiger charge is -2.16. The van der Waals surface area contributed by atoms with E-state index in [-0.39, 0.29) is 16.5 Å². The van der Waals surface area contributed by atoms with Crippen LogP contribution in [0, 0.1) is 0 Å². The summed E-state index contributed by atoms with van der Waals surface area (Å²) in [5, 5.41) is 2.91. The molecule has 0 saturated carbocycles. The predicted octanol–water partition coefficient (Wildman–Crippen LogP) is 3.14. The van der Waals surface area contributed by atoms with Gasteiger partial charge < -0.3 is 10.3 Å². The van der Waals surface area contributed by atoms with E-state index in [0.717, 1.165) is 15.7 Å². The molecule has 1 heterocycles. The number of amides is 1. The number of hydrogen-bond donors (Lipinski definition) is 2. The molecule has 0 aliphatic carbocycles. The minimum atomic E-state index is -3.85. The molecule has 0 bridgehead atoms. The van der Waals surface area contributed by atoms with Crippen LogP contribution in [0.1, 0.15) is 35.6 Å². The molecular weight excluding hydrogens is 404 g/mol. The maximum Gasteiger partial charge on any atom is 0.264 e. The van der Waals surface area contributed by atoms with Gasteiger partial charge in [0.2, 0.25) is 0 Å². The predicted molar refractivity (Wildman–Crippen MR) is 113 cm³/mol. The molecular formula is C21H24N4O4S. The molecule has 1 atom stereocenters. The van der Waals surface area contributed by atoms with Crippen molar-refractivity contribution in [3.8, 4) is 11.3 Å². The maximum absolute atomic E-state index is 12.8. The summed E-state index contributed by atoms with van der Waals surface area (Å²) in [6.45, 7) is 1.93. The van der Waals surface area contributed by atoms with Crippen molar-refractivity contribution >= 4 is 15.9 Å². The first-order valence-electron chi connectivity index (χ1n) is 9.41. The summed E-state index contributed by atoms with van der Waals surface area (Å²) in [7, 11) is -1.30. The van der Waals surface area contributed by atoms with E-state index in [4.69, 9.17) is 4.84 Å². The number of aromatic nitrogens is 2. The van der Waals surface area contributed by atoms with Crippen LogP contribution in [0.4, 0.5) is 0 Å². The fraction of sp³-hybridized carbons (Fsp3) is 0.238. The number of rotatable bonds is 8. The molecule has 0 saturated heterocycles. The van der Waals surface area contributed by atoms with E-state index in [9.17, 15) is 13.2 Å². The van der Waals surface area contributed by atoms with Crippen molar-refractivity contribution in [3.05, 3.63) is 72.2 Å². The average molecular weight is 429 g/mol. The highest BCUT2D eigenvalue weighted by Crippen LogP contribution is 2.21. The van der Waals surface area contributed by atoms with Crippen LogP contribution in [0.2, 0.25) is 0 Å². The van der Waals surface area contributed by atoms with Crippen LogP contribution in [0.15, 0.2) is 65.7 Å². The third kappa shape index (κ3) is 4.59. The molecule has 8 nitrogen and oxygen atoms in total. The van der Waals surface area contributed by atoms with Gasteiger partial charge in [-0.3, -0.25) is 9.63 Å². The molecule has 1 aromatic heterocycles. The number of nitrogens with zero attached hydrogens (tertiary/aromatic N) is 2. The molecule has 30 heavy (non-hydrogen) atoms. The van der Waals surface area contributed by atoms with Gasteiger partial charge in [0.1, 0.15) is 5.82 Å². The van der Waals surface area contributed by atoms with Gasteiger partial charge in [0.15, 0.2) is 0 Å². The molecule has 0 spiro atoms. The Morgan fingerprint density at radius 3 is 2.60 bits per heavy atom. The zero-order valence-corrected chi connectivity index (χ0v) is 17.8. The highest BCUT2D eigenvalue weighted by molar-refractivity contribution is 7.89. The molecule has 0 fully saturated rings. The van der Waals surface area contributed by atoms with Gasteiger partial charge in [-0.1, -0.05) is 47.8 Å². The number of aromatic amines is 1. The molecule has 1 unspecified atom stereocenters. The van der Waals surface area contributed by atoms with Crippen LogP contribution in [-0.4, -0.2) is 42.9 Å². The number of sulfonamides is 1. The smallest absolute Gasteiger partial charge is 0.264 e. The number of hydrogen-bond acceptors (Lipinski definition) is 5. The third-order valence-electron chi connectivity index (χ3n) is 4.71. The van der Waals surface area contributed by atoms with E-state index in [1.54, 1.807) is 12.3 Å². The van der Waals surface area contributed by atoms with Gasteiger partial charge in [-0.15, -0.1) is 0 Å². The van der Waals surface area contributed by atoms with E-state index >= 15 is 0 Å². The number of imidazole rings is 1. The van der Waals surface area contributed by atoms with Crippen LogP contribution >= 0.6 is 0 Å². The van der Waals surface area contributed by atoms with Gasteiger partial charge in [-0.2, -0.15) is 0 Å². The van der Waals surface area contributed by atoms with E-state index in [1.165, 1.54) is 32.4 Å². The lowest BCUT2D eigenvalue weighted by molar-refractivity contribution is -0.0258. The Bertz CT molecular complexity index is 1110. The Morgan fingerprint density at radius 2 is 1.93 bits per heavy atom. The molecule has 3 aromatic rings. The summed E-state index contributed by atoms with van der Waals surface area (Å²) < 4.78 is 25.6. The fourth-order valence-corrected chi connectivity index (χ4v) is 3.95. The standard InChI is InChI=1S/C21H24N4O4S/c1-4-18(20-22-14-19(23-20)15-9-6-5-7-10-15)24-21(26)16-11-8-12-17(13-16)30(27,28)25(2)29-3/h5-14,18H,4H2,1-3H3,(H,22,23)(H,24,26). The lowest BCUT2D eigenvalue weighted by atomic mass is 10.1. The Hall–Kier alpha value is -3.01. The zero-order valence-electron chi connectivity index (χ0n) is 17.0. The normalized spacial score (nSPS) is 12.7. The van der Waals surface area contributed by atoms with Crippen molar-refractivity contribution in [1.82, 2.24) is 19.8 Å². The molecule has 3 rings (SSSR count). The first-order chi connectivity index (χ1) is 14.4. The Balaban J connectivity index is 1.80. The third-order valence-corrected chi connectivity index (χ3v) is 6.39. The van der Waals surface area contributed by atoms with Gasteiger partial charge in [0.25, 0.3) is 15.9 Å². The summed E-state index contributed by atoms with van der Waals surface area (Å²) in [5.41, 5.74) is 2.08. The maximum atomic E-state index is 12.8. The largest absolute Gasteiger partial charge is 0.342 e. The Labute approximate surface area is 175 Å². The van der Waals surface area contributed by atoms with Crippen molar-refractivity contribution in [1.29, 1.82) is 0 Å². The minimum Gasteiger partial charge on any atom is -0.342 e. The number of H-pyrrole nitrogens is 1. The van der Waals surface area contributed by atoms with E-state index in [1.807, 2.05) is 37.3 Å². The number of carbonyl (C=O) groups is 1. The molecule has 9 heteroatoms. The number of hydroxylamine groups is 1. The monoisotopic (exact) mass is 428 g/mol. The fourth-order valence-electron chi connectivity index (χ4n) is 2.93. The number of benzene rings is 2. The summed E-state index contributed by atoms with van der Waals surface area (Å²) >= 11 is 0. The first kappa shape index (κ1) is 21.7. The van der Waals surface area contributed by atoms with Crippen LogP contribution < -0.4 is 5.32 Å². The molecule has 2 aromatic carbocycles. The zero-order chi connectivity index (χ0) is 21.7. The molecule has 158 valence electrons. The second-order valence-corrected chi connectivity index (χ2v) is 8.54. The number of carbonyl (C=O) groups excluding carboxylic acids is 1. The first-order valence-corrected chi connectivity index (χ1v) is 10.8. The second kappa shape index (κ2) is 9.21. The quantitative estimate of drug-likeness (QED) is 0.537. The van der Waals surface area contributed by atoms with Crippen molar-refractivity contribution in [2.45, 2.75) is 24.3 Å². The van der Waals surface area contributed by atoms with Crippen LogP contribution in [-0.2, 0) is 14.9 Å². The van der Waals surface area contributed by atoms with Crippen LogP contribution in [0.3, 0.4) is 0 Å². The van der Waals surface area contributed by atoms with Gasteiger partial charge in [-0.25, -0.2) is 13.4 Å². The topological polar surface area (TPSA) is 104 Å². The minimum absolute atomic E-state index is 0.0306. The van der Waals surface area contributed by atoms with Crippen molar-refractivity contribution in [2.24, 2.45) is 0 Å². The molecule has 1 amide bonds. The summed E-state index contributed by atoms with van der Waals surface area (Å²) in [6.07, 6.45) is 2.34. The SMILES string of the molecule is CCC(NC(=O)c1cccc(S(=O)(=O)N(C)OC)c1)c1ncc(-c2ccccc2)[nH]1. The molecule has 0 aliphatic rings. The van der Waals surface area contributed by atoms with Gasteiger partial charge in [0.05, 0.1) is 29.9 Å². The Morgan fingerprint density at radius 1 is 1.20 bits per heavy atom. The van der Waals surface area contributed by atoms with Gasteiger partial charge in [-0.05, 0) is 30.2 Å². The van der Waals surface area contributed by atoms with Crippen molar-refractivity contribution in [3.63, 3.8) is 0 Å². The van der Waals surface area contributed by atoms with Crippen LogP contribution in [0.5, 0.6) is 0 Å². The van der Waals surface area contributed by atoms with Gasteiger partial charge >= 0.3 is 0 Å². The average Bonchev–Trinajstić information content (AvgIpc) is 3.27. The van der Waals surface area contributed by atoms with E-state index in [0.29, 0.717) is 12.2 Å². The second-order valence-electron chi connectivity index (χ2n) is 6.61.